The number of nitrogens with zero attached hydrogens (tertiary/aromatic N) is 2. The number of aryl methyl sites for hydroxylation is 3. The number of piperazine rings is 1. The van der Waals surface area contributed by atoms with Gasteiger partial charge in [-0.3, -0.25) is 9.80 Å². The van der Waals surface area contributed by atoms with Crippen molar-refractivity contribution in [1.82, 2.24) is 15.1 Å². The first-order chi connectivity index (χ1) is 10.5. The van der Waals surface area contributed by atoms with Crippen molar-refractivity contribution in [2.75, 3.05) is 52.9 Å². The lowest BCUT2D eigenvalue weighted by Gasteiger charge is -2.36. The van der Waals surface area contributed by atoms with E-state index in [1.54, 1.807) is 0 Å². The van der Waals surface area contributed by atoms with E-state index in [4.69, 9.17) is 0 Å². The smallest absolute Gasteiger partial charge is 0.0558 e. The van der Waals surface area contributed by atoms with Gasteiger partial charge in [0.25, 0.3) is 0 Å². The molecule has 22 heavy (non-hydrogen) atoms. The molecule has 0 bridgehead atoms. The molecule has 4 nitrogen and oxygen atoms in total. The Hall–Kier alpha value is -0.940. The van der Waals surface area contributed by atoms with E-state index in [0.717, 1.165) is 32.7 Å². The summed E-state index contributed by atoms with van der Waals surface area (Å²) in [6.07, 6.45) is 0. The Bertz CT molecular complexity index is 460. The van der Waals surface area contributed by atoms with Gasteiger partial charge in [-0.25, -0.2) is 0 Å². The zero-order valence-electron chi connectivity index (χ0n) is 14.5. The first-order valence-corrected chi connectivity index (χ1v) is 8.35. The van der Waals surface area contributed by atoms with Crippen LogP contribution in [0.4, 0.5) is 0 Å². The summed E-state index contributed by atoms with van der Waals surface area (Å²) in [6.45, 7) is 12.9. The molecule has 1 saturated heterocycles. The highest BCUT2D eigenvalue weighted by atomic mass is 16.3. The third kappa shape index (κ3) is 4.29. The normalized spacial score (nSPS) is 17.9. The Morgan fingerprint density at radius 2 is 1.77 bits per heavy atom. The Labute approximate surface area is 135 Å². The number of aliphatic hydroxyl groups excluding tert-OH is 1. The first kappa shape index (κ1) is 17.4. The van der Waals surface area contributed by atoms with Crippen LogP contribution < -0.4 is 5.32 Å². The number of aliphatic hydroxyl groups is 1. The van der Waals surface area contributed by atoms with Crippen molar-refractivity contribution in [1.29, 1.82) is 0 Å². The molecule has 1 aromatic carbocycles. The van der Waals surface area contributed by atoms with Crippen molar-refractivity contribution >= 4 is 0 Å². The number of nitrogens with one attached hydrogen (secondary N) is 1. The molecule has 1 aromatic rings. The van der Waals surface area contributed by atoms with Gasteiger partial charge < -0.3 is 10.4 Å². The van der Waals surface area contributed by atoms with E-state index < -0.39 is 0 Å². The molecule has 0 amide bonds. The molecular formula is C18H31N3O. The molecule has 0 saturated carbocycles. The number of benzene rings is 1. The van der Waals surface area contributed by atoms with Crippen LogP contribution in [-0.4, -0.2) is 67.8 Å². The second-order valence-electron chi connectivity index (χ2n) is 6.58. The first-order valence-electron chi connectivity index (χ1n) is 8.35. The molecular weight excluding hydrogens is 274 g/mol. The van der Waals surface area contributed by atoms with E-state index in [2.05, 4.69) is 55.1 Å². The molecule has 4 heteroatoms. The summed E-state index contributed by atoms with van der Waals surface area (Å²) < 4.78 is 0. The van der Waals surface area contributed by atoms with Gasteiger partial charge in [-0.1, -0.05) is 17.7 Å². The second-order valence-corrected chi connectivity index (χ2v) is 6.58. The number of rotatable bonds is 6. The summed E-state index contributed by atoms with van der Waals surface area (Å²) in [5, 5.41) is 12.8. The molecule has 1 aliphatic heterocycles. The van der Waals surface area contributed by atoms with Crippen molar-refractivity contribution < 1.29 is 5.11 Å². The van der Waals surface area contributed by atoms with Gasteiger partial charge in [-0.15, -0.1) is 0 Å². The molecule has 0 aliphatic carbocycles. The highest BCUT2D eigenvalue weighted by molar-refractivity contribution is 5.40. The Morgan fingerprint density at radius 3 is 2.32 bits per heavy atom. The molecule has 124 valence electrons. The quantitative estimate of drug-likeness (QED) is 0.835. The SMILES string of the molecule is Cc1cc(C)c(C(CN2CCNCC2)N(C)CCO)c(C)c1. The highest BCUT2D eigenvalue weighted by Gasteiger charge is 2.24. The van der Waals surface area contributed by atoms with E-state index in [-0.39, 0.29) is 6.61 Å². The third-order valence-corrected chi connectivity index (χ3v) is 4.70. The van der Waals surface area contributed by atoms with Crippen LogP contribution in [0.15, 0.2) is 12.1 Å². The van der Waals surface area contributed by atoms with E-state index in [1.807, 2.05) is 0 Å². The summed E-state index contributed by atoms with van der Waals surface area (Å²) >= 11 is 0. The van der Waals surface area contributed by atoms with Gasteiger partial charge in [-0.05, 0) is 44.5 Å². The van der Waals surface area contributed by atoms with Gasteiger partial charge in [0, 0.05) is 45.3 Å². The predicted molar refractivity (Wildman–Crippen MR) is 92.4 cm³/mol. The minimum atomic E-state index is 0.207. The third-order valence-electron chi connectivity index (χ3n) is 4.70. The standard InChI is InChI=1S/C18H31N3O/c1-14-11-15(2)18(16(3)12-14)17(20(4)9-10-22)13-21-7-5-19-6-8-21/h11-12,17,19,22H,5-10,13H2,1-4H3. The van der Waals surface area contributed by atoms with Crippen LogP contribution in [-0.2, 0) is 0 Å². The van der Waals surface area contributed by atoms with Gasteiger partial charge in [0.05, 0.1) is 6.61 Å². The molecule has 1 fully saturated rings. The largest absolute Gasteiger partial charge is 0.395 e. The predicted octanol–water partition coefficient (Wildman–Crippen LogP) is 1.48. The second kappa shape index (κ2) is 8.06. The molecule has 2 N–H and O–H groups in total. The van der Waals surface area contributed by atoms with E-state index in [9.17, 15) is 5.11 Å². The average Bonchev–Trinajstić information content (AvgIpc) is 2.46. The van der Waals surface area contributed by atoms with Gasteiger partial charge in [0.15, 0.2) is 0 Å². The maximum absolute atomic E-state index is 9.36. The molecule has 1 heterocycles. The molecule has 2 rings (SSSR count). The molecule has 0 radical (unpaired) electrons. The maximum Gasteiger partial charge on any atom is 0.0558 e. The van der Waals surface area contributed by atoms with Crippen LogP contribution in [0.25, 0.3) is 0 Å². The fourth-order valence-electron chi connectivity index (χ4n) is 3.62. The fraction of sp³-hybridized carbons (Fsp3) is 0.667. The molecule has 0 spiro atoms. The monoisotopic (exact) mass is 305 g/mol. The minimum absolute atomic E-state index is 0.207. The van der Waals surface area contributed by atoms with Crippen molar-refractivity contribution in [3.05, 3.63) is 34.4 Å². The highest BCUT2D eigenvalue weighted by Crippen LogP contribution is 2.28. The van der Waals surface area contributed by atoms with Crippen LogP contribution in [0.5, 0.6) is 0 Å². The van der Waals surface area contributed by atoms with Crippen LogP contribution >= 0.6 is 0 Å². The lowest BCUT2D eigenvalue weighted by Crippen LogP contribution is -2.47. The lowest BCUT2D eigenvalue weighted by atomic mass is 9.92. The molecule has 0 aromatic heterocycles. The van der Waals surface area contributed by atoms with Crippen molar-refractivity contribution in [3.8, 4) is 0 Å². The van der Waals surface area contributed by atoms with Gasteiger partial charge in [0.2, 0.25) is 0 Å². The Kier molecular flexibility index (Phi) is 6.38. The molecule has 1 atom stereocenters. The van der Waals surface area contributed by atoms with E-state index in [0.29, 0.717) is 12.6 Å². The summed E-state index contributed by atoms with van der Waals surface area (Å²) in [5.41, 5.74) is 5.48. The summed E-state index contributed by atoms with van der Waals surface area (Å²) in [7, 11) is 2.13. The van der Waals surface area contributed by atoms with Gasteiger partial charge in [-0.2, -0.15) is 0 Å². The van der Waals surface area contributed by atoms with Crippen LogP contribution in [0.1, 0.15) is 28.3 Å². The van der Waals surface area contributed by atoms with Crippen molar-refractivity contribution in [2.45, 2.75) is 26.8 Å². The average molecular weight is 305 g/mol. The zero-order chi connectivity index (χ0) is 16.1. The van der Waals surface area contributed by atoms with Gasteiger partial charge >= 0.3 is 0 Å². The van der Waals surface area contributed by atoms with E-state index in [1.165, 1.54) is 22.3 Å². The number of hydrogen-bond donors (Lipinski definition) is 2. The van der Waals surface area contributed by atoms with Crippen molar-refractivity contribution in [3.63, 3.8) is 0 Å². The van der Waals surface area contributed by atoms with Crippen LogP contribution in [0.3, 0.4) is 0 Å². The summed E-state index contributed by atoms with van der Waals surface area (Å²) in [6, 6.07) is 4.89. The van der Waals surface area contributed by atoms with Crippen LogP contribution in [0.2, 0.25) is 0 Å². The topological polar surface area (TPSA) is 38.7 Å². The van der Waals surface area contributed by atoms with Crippen LogP contribution in [0, 0.1) is 20.8 Å². The Morgan fingerprint density at radius 1 is 1.18 bits per heavy atom. The maximum atomic E-state index is 9.36. The van der Waals surface area contributed by atoms with E-state index >= 15 is 0 Å². The van der Waals surface area contributed by atoms with Crippen molar-refractivity contribution in [2.24, 2.45) is 0 Å². The fourth-order valence-corrected chi connectivity index (χ4v) is 3.62. The summed E-state index contributed by atoms with van der Waals surface area (Å²) in [5.74, 6) is 0. The number of hydrogen-bond acceptors (Lipinski definition) is 4. The summed E-state index contributed by atoms with van der Waals surface area (Å²) in [4.78, 5) is 4.83. The minimum Gasteiger partial charge on any atom is -0.395 e. The Balaban J connectivity index is 2.27. The molecule has 1 aliphatic rings. The number of likely N-dealkylation sites (N-methyl/N-ethyl adjacent to an activating group) is 1. The van der Waals surface area contributed by atoms with Gasteiger partial charge in [0.1, 0.15) is 0 Å². The lowest BCUT2D eigenvalue weighted by molar-refractivity contribution is 0.129. The zero-order valence-corrected chi connectivity index (χ0v) is 14.5. The molecule has 1 unspecified atom stereocenters.